The predicted octanol–water partition coefficient (Wildman–Crippen LogP) is 4.28. The molecule has 0 heterocycles. The number of halogens is 2. The molecule has 0 aliphatic heterocycles. The van der Waals surface area contributed by atoms with Crippen LogP contribution in [-0.2, 0) is 13.1 Å². The molecular formula is C21H26FIN4O. The number of rotatable bonds is 7. The Bertz CT molecular complexity index is 849. The number of ether oxygens (including phenoxy) is 1. The molecule has 5 nitrogen and oxygen atoms in total. The average molecular weight is 496 g/mol. The van der Waals surface area contributed by atoms with Gasteiger partial charge in [0.1, 0.15) is 11.6 Å². The third-order valence-corrected chi connectivity index (χ3v) is 3.98. The molecule has 0 bridgehead atoms. The summed E-state index contributed by atoms with van der Waals surface area (Å²) >= 11 is 0. The third kappa shape index (κ3) is 7.00. The quantitative estimate of drug-likeness (QED) is 0.341. The van der Waals surface area contributed by atoms with Crippen LogP contribution in [-0.4, -0.2) is 19.6 Å². The van der Waals surface area contributed by atoms with Crippen molar-refractivity contribution in [1.29, 1.82) is 5.26 Å². The molecule has 0 aliphatic carbocycles. The summed E-state index contributed by atoms with van der Waals surface area (Å²) in [6.45, 7) is 5.52. The van der Waals surface area contributed by atoms with Crippen LogP contribution in [0.25, 0.3) is 0 Å². The Balaban J connectivity index is 0.00000392. The number of nitrogens with zero attached hydrogens (tertiary/aromatic N) is 2. The lowest BCUT2D eigenvalue weighted by Gasteiger charge is -2.15. The first-order chi connectivity index (χ1) is 13.1. The summed E-state index contributed by atoms with van der Waals surface area (Å²) in [6, 6.07) is 12.4. The number of aliphatic imine (C=N–C) groups is 1. The van der Waals surface area contributed by atoms with E-state index in [1.165, 1.54) is 18.2 Å². The van der Waals surface area contributed by atoms with Gasteiger partial charge in [-0.3, -0.25) is 4.99 Å². The van der Waals surface area contributed by atoms with Crippen molar-refractivity contribution in [1.82, 2.24) is 10.6 Å². The van der Waals surface area contributed by atoms with Crippen LogP contribution >= 0.6 is 24.0 Å². The molecule has 150 valence electrons. The molecule has 0 aliphatic rings. The normalized spacial score (nSPS) is 10.6. The van der Waals surface area contributed by atoms with E-state index in [1.807, 2.05) is 31.2 Å². The van der Waals surface area contributed by atoms with E-state index in [9.17, 15) is 4.39 Å². The molecule has 0 saturated carbocycles. The lowest BCUT2D eigenvalue weighted by Crippen LogP contribution is -2.36. The number of benzene rings is 2. The molecule has 0 spiro atoms. The zero-order valence-corrected chi connectivity index (χ0v) is 18.7. The molecule has 0 radical (unpaired) electrons. The Morgan fingerprint density at radius 2 is 1.86 bits per heavy atom. The van der Waals surface area contributed by atoms with E-state index in [2.05, 4.69) is 22.5 Å². The molecule has 2 N–H and O–H groups in total. The van der Waals surface area contributed by atoms with Gasteiger partial charge in [0, 0.05) is 31.3 Å². The molecule has 0 unspecified atom stereocenters. The van der Waals surface area contributed by atoms with E-state index in [0.29, 0.717) is 30.2 Å². The van der Waals surface area contributed by atoms with Gasteiger partial charge in [0.15, 0.2) is 5.96 Å². The average Bonchev–Trinajstić information content (AvgIpc) is 2.68. The van der Waals surface area contributed by atoms with Crippen molar-refractivity contribution in [2.75, 3.05) is 13.7 Å². The van der Waals surface area contributed by atoms with E-state index >= 15 is 0 Å². The first-order valence-corrected chi connectivity index (χ1v) is 8.92. The van der Waals surface area contributed by atoms with Crippen molar-refractivity contribution in [2.24, 2.45) is 4.99 Å². The second-order valence-corrected chi connectivity index (χ2v) is 6.16. The molecule has 0 atom stereocenters. The minimum absolute atomic E-state index is 0. The standard InChI is InChI=1S/C21H25FN4O.HI/c1-4-9-27-20-10-15(2)5-7-17(20)13-25-21(24-3)26-14-18-11-16(12-23)6-8-19(18)22;/h5-8,10-11H,4,9,13-14H2,1-3H3,(H2,24,25,26);1H. The van der Waals surface area contributed by atoms with Gasteiger partial charge >= 0.3 is 0 Å². The van der Waals surface area contributed by atoms with Crippen LogP contribution in [0.1, 0.15) is 35.6 Å². The van der Waals surface area contributed by atoms with Crippen LogP contribution < -0.4 is 15.4 Å². The molecule has 0 amide bonds. The van der Waals surface area contributed by atoms with Gasteiger partial charge in [0.25, 0.3) is 0 Å². The van der Waals surface area contributed by atoms with Crippen LogP contribution in [0.5, 0.6) is 5.75 Å². The monoisotopic (exact) mass is 496 g/mol. The summed E-state index contributed by atoms with van der Waals surface area (Å²) in [5, 5.41) is 15.2. The highest BCUT2D eigenvalue weighted by Gasteiger charge is 2.08. The second-order valence-electron chi connectivity index (χ2n) is 6.16. The highest BCUT2D eigenvalue weighted by molar-refractivity contribution is 14.0. The maximum Gasteiger partial charge on any atom is 0.191 e. The van der Waals surface area contributed by atoms with Crippen LogP contribution in [0.4, 0.5) is 4.39 Å². The summed E-state index contributed by atoms with van der Waals surface area (Å²) in [7, 11) is 1.65. The van der Waals surface area contributed by atoms with E-state index in [4.69, 9.17) is 10.00 Å². The van der Waals surface area contributed by atoms with Crippen molar-refractivity contribution in [3.63, 3.8) is 0 Å². The highest BCUT2D eigenvalue weighted by atomic mass is 127. The predicted molar refractivity (Wildman–Crippen MR) is 121 cm³/mol. The Morgan fingerprint density at radius 3 is 2.50 bits per heavy atom. The largest absolute Gasteiger partial charge is 0.493 e. The molecule has 0 saturated heterocycles. The van der Waals surface area contributed by atoms with Crippen molar-refractivity contribution >= 4 is 29.9 Å². The summed E-state index contributed by atoms with van der Waals surface area (Å²) in [6.07, 6.45) is 0.942. The molecule has 0 fully saturated rings. The topological polar surface area (TPSA) is 69.4 Å². The zero-order chi connectivity index (χ0) is 19.6. The lowest BCUT2D eigenvalue weighted by molar-refractivity contribution is 0.313. The third-order valence-electron chi connectivity index (χ3n) is 3.98. The fourth-order valence-electron chi connectivity index (χ4n) is 2.51. The Kier molecular flexibility index (Phi) is 10.3. The minimum Gasteiger partial charge on any atom is -0.493 e. The van der Waals surface area contributed by atoms with Crippen molar-refractivity contribution in [3.05, 3.63) is 64.5 Å². The number of aryl methyl sites for hydroxylation is 1. The van der Waals surface area contributed by atoms with Gasteiger partial charge < -0.3 is 15.4 Å². The molecule has 0 aromatic heterocycles. The maximum atomic E-state index is 13.9. The first-order valence-electron chi connectivity index (χ1n) is 8.92. The molecule has 7 heteroatoms. The second kappa shape index (κ2) is 12.2. The highest BCUT2D eigenvalue weighted by Crippen LogP contribution is 2.20. The fraction of sp³-hybridized carbons (Fsp3) is 0.333. The summed E-state index contributed by atoms with van der Waals surface area (Å²) in [5.74, 6) is 1.04. The molecule has 28 heavy (non-hydrogen) atoms. The number of nitrogens with one attached hydrogen (secondary N) is 2. The minimum atomic E-state index is -0.356. The van der Waals surface area contributed by atoms with Crippen LogP contribution in [0.15, 0.2) is 41.4 Å². The van der Waals surface area contributed by atoms with Crippen molar-refractivity contribution in [2.45, 2.75) is 33.4 Å². The van der Waals surface area contributed by atoms with Gasteiger partial charge in [0.2, 0.25) is 0 Å². The molecule has 2 aromatic rings. The van der Waals surface area contributed by atoms with E-state index in [0.717, 1.165) is 23.3 Å². The molecule has 2 rings (SSSR count). The van der Waals surface area contributed by atoms with E-state index < -0.39 is 0 Å². The van der Waals surface area contributed by atoms with E-state index in [-0.39, 0.29) is 36.3 Å². The van der Waals surface area contributed by atoms with Gasteiger partial charge in [-0.25, -0.2) is 4.39 Å². The van der Waals surface area contributed by atoms with Gasteiger partial charge in [0.05, 0.1) is 18.2 Å². The molecular weight excluding hydrogens is 470 g/mol. The van der Waals surface area contributed by atoms with Crippen molar-refractivity contribution in [3.8, 4) is 11.8 Å². The number of hydrogen-bond donors (Lipinski definition) is 2. The lowest BCUT2D eigenvalue weighted by atomic mass is 10.1. The van der Waals surface area contributed by atoms with Crippen molar-refractivity contribution < 1.29 is 9.13 Å². The molecule has 2 aromatic carbocycles. The number of hydrogen-bond acceptors (Lipinski definition) is 3. The van der Waals surface area contributed by atoms with Gasteiger partial charge in [-0.1, -0.05) is 19.1 Å². The SMILES string of the molecule is CCCOc1cc(C)ccc1CNC(=NC)NCc1cc(C#N)ccc1F.I. The zero-order valence-electron chi connectivity index (χ0n) is 16.4. The fourth-order valence-corrected chi connectivity index (χ4v) is 2.51. The summed E-state index contributed by atoms with van der Waals surface area (Å²) < 4.78 is 19.7. The van der Waals surface area contributed by atoms with Gasteiger partial charge in [-0.05, 0) is 43.2 Å². The number of guanidine groups is 1. The Hall–Kier alpha value is -2.34. The Morgan fingerprint density at radius 1 is 1.14 bits per heavy atom. The van der Waals surface area contributed by atoms with Crippen LogP contribution in [0.2, 0.25) is 0 Å². The smallest absolute Gasteiger partial charge is 0.191 e. The van der Waals surface area contributed by atoms with E-state index in [1.54, 1.807) is 7.05 Å². The van der Waals surface area contributed by atoms with Gasteiger partial charge in [-0.2, -0.15) is 5.26 Å². The van der Waals surface area contributed by atoms with Crippen LogP contribution in [0, 0.1) is 24.1 Å². The van der Waals surface area contributed by atoms with Gasteiger partial charge in [-0.15, -0.1) is 24.0 Å². The summed E-state index contributed by atoms with van der Waals surface area (Å²) in [4.78, 5) is 4.17. The Labute approximate surface area is 183 Å². The maximum absolute atomic E-state index is 13.9. The first kappa shape index (κ1) is 23.7. The van der Waals surface area contributed by atoms with Crippen LogP contribution in [0.3, 0.4) is 0 Å². The number of nitriles is 1. The summed E-state index contributed by atoms with van der Waals surface area (Å²) in [5.41, 5.74) is 3.00.